The topological polar surface area (TPSA) is 367 Å². The lowest BCUT2D eigenvalue weighted by Gasteiger charge is -2.53. The van der Waals surface area contributed by atoms with Crippen LogP contribution in [-0.2, 0) is 118 Å². The van der Waals surface area contributed by atoms with Crippen molar-refractivity contribution in [3.8, 4) is 6.07 Å². The van der Waals surface area contributed by atoms with Crippen LogP contribution in [0.2, 0.25) is 109 Å². The minimum Gasteiger partial charge on any atom is -0.414 e. The van der Waals surface area contributed by atoms with Crippen LogP contribution in [0.3, 0.4) is 0 Å². The molecule has 12 bridgehead atoms. The maximum Gasteiger partial charge on any atom is 0.192 e. The van der Waals surface area contributed by atoms with Crippen LogP contribution in [0.1, 0.15) is 136 Å². The Balaban J connectivity index is 1.38. The van der Waals surface area contributed by atoms with E-state index >= 15 is 0 Å². The van der Waals surface area contributed by atoms with E-state index in [1.807, 2.05) is 0 Å². The van der Waals surface area contributed by atoms with Gasteiger partial charge in [0.15, 0.2) is 87.6 Å². The molecule has 16 heterocycles. The largest absolute Gasteiger partial charge is 0.414 e. The van der Waals surface area contributed by atoms with Gasteiger partial charge in [-0.25, -0.2) is 0 Å². The Morgan fingerprint density at radius 1 is 0.279 bits per heavy atom. The highest BCUT2D eigenvalue weighted by atomic mass is 28.4. The molecule has 0 radical (unpaired) electrons. The molecule has 16 aliphatic heterocycles. The third-order valence-corrected chi connectivity index (χ3v) is 55.8. The number of methoxy groups -OCH3 is 5. The van der Waals surface area contributed by atoms with E-state index in [1.54, 1.807) is 24.3 Å². The van der Waals surface area contributed by atoms with E-state index in [9.17, 15) is 35.9 Å². The van der Waals surface area contributed by atoms with E-state index < -0.39 is 234 Å². The number of hydrogen-bond donors (Lipinski definition) is 6. The van der Waals surface area contributed by atoms with Crippen LogP contribution in [0.15, 0.2) is 24.3 Å². The number of aliphatic hydroxyl groups is 6. The minimum absolute atomic E-state index is 0.179. The van der Waals surface area contributed by atoms with Crippen LogP contribution in [-0.4, -0.2) is 340 Å². The Morgan fingerprint density at radius 3 is 0.598 bits per heavy atom. The summed E-state index contributed by atoms with van der Waals surface area (Å²) in [5.41, 5.74) is 0.996. The summed E-state index contributed by atoms with van der Waals surface area (Å²) in [4.78, 5) is 0. The summed E-state index contributed by atoms with van der Waals surface area (Å²) in [7, 11) is -9.48. The lowest BCUT2D eigenvalue weighted by molar-refractivity contribution is -0.407. The monoisotopic (exact) mass is 1840 g/mol. The summed E-state index contributed by atoms with van der Waals surface area (Å²) in [5, 5.41) is 88.3. The maximum absolute atomic E-state index is 13.7. The van der Waals surface area contributed by atoms with Crippen molar-refractivity contribution >= 4 is 49.9 Å². The fourth-order valence-corrected chi connectivity index (χ4v) is 20.2. The number of aliphatic hydroxyl groups excluding tert-OH is 6. The Labute approximate surface area is 734 Å². The molecule has 16 aliphatic rings. The van der Waals surface area contributed by atoms with Gasteiger partial charge in [-0.05, 0) is 126 Å². The molecule has 0 unspecified atom stereocenters. The Hall–Kier alpha value is -1.19. The summed E-state index contributed by atoms with van der Waals surface area (Å²) < 4.78 is 166. The van der Waals surface area contributed by atoms with Crippen molar-refractivity contribution in [3.05, 3.63) is 35.4 Å². The number of benzene rings is 1. The maximum atomic E-state index is 13.7. The van der Waals surface area contributed by atoms with E-state index in [1.165, 1.54) is 35.5 Å². The lowest BCUT2D eigenvalue weighted by atomic mass is 9.94. The first-order chi connectivity index (χ1) is 56.0. The molecule has 0 spiro atoms. The van der Waals surface area contributed by atoms with Gasteiger partial charge >= 0.3 is 0 Å². The molecule has 0 aliphatic carbocycles. The lowest BCUT2D eigenvalue weighted by Crippen LogP contribution is -2.70. The zero-order valence-electron chi connectivity index (χ0n) is 80.0. The third-order valence-electron chi connectivity index (χ3n) is 28.8. The van der Waals surface area contributed by atoms with Crippen molar-refractivity contribution in [1.82, 2.24) is 0 Å². The predicted molar refractivity (Wildman–Crippen MR) is 470 cm³/mol. The van der Waals surface area contributed by atoms with Crippen molar-refractivity contribution in [1.29, 1.82) is 5.26 Å². The molecule has 122 heavy (non-hydrogen) atoms. The van der Waals surface area contributed by atoms with Gasteiger partial charge in [0.1, 0.15) is 146 Å². The van der Waals surface area contributed by atoms with Gasteiger partial charge in [-0.1, -0.05) is 137 Å². The van der Waals surface area contributed by atoms with Gasteiger partial charge in [0.2, 0.25) is 0 Å². The Morgan fingerprint density at radius 2 is 0.443 bits per heavy atom. The van der Waals surface area contributed by atoms with E-state index in [-0.39, 0.29) is 76.5 Å². The molecular weight excluding hydrogens is 1680 g/mol. The molecule has 6 N–H and O–H groups in total. The second kappa shape index (κ2) is 41.1. The highest BCUT2D eigenvalue weighted by Gasteiger charge is 2.62. The molecule has 0 aromatic heterocycles. The first kappa shape index (κ1) is 106. The summed E-state index contributed by atoms with van der Waals surface area (Å²) in [5.74, 6) is 0. The normalized spacial score (nSPS) is 37.1. The molecule has 16 fully saturated rings. The van der Waals surface area contributed by atoms with Gasteiger partial charge in [-0.3, -0.25) is 0 Å². The molecule has 0 amide bonds. The number of hydrogen-bond acceptors (Lipinski definition) is 31. The van der Waals surface area contributed by atoms with Crippen molar-refractivity contribution in [3.63, 3.8) is 0 Å². The summed E-state index contributed by atoms with van der Waals surface area (Å²) in [6.45, 7) is 61.2. The van der Waals surface area contributed by atoms with Crippen molar-refractivity contribution in [2.75, 3.05) is 75.2 Å². The molecule has 30 atom stereocenters. The van der Waals surface area contributed by atoms with Crippen LogP contribution in [0.25, 0.3) is 0 Å². The van der Waals surface area contributed by atoms with E-state index in [4.69, 9.17) is 112 Å². The highest BCUT2D eigenvalue weighted by Crippen LogP contribution is 2.48. The zero-order chi connectivity index (χ0) is 91.9. The van der Waals surface area contributed by atoms with E-state index in [0.717, 1.165) is 0 Å². The molecular formula is C85H159NO30Si6. The summed E-state index contributed by atoms with van der Waals surface area (Å²) in [6.07, 6.45) is -44.4. The summed E-state index contributed by atoms with van der Waals surface area (Å²) >= 11 is 0. The molecule has 17 rings (SSSR count). The average Bonchev–Trinajstić information content (AvgIpc) is 0.777. The van der Waals surface area contributed by atoms with Gasteiger partial charge in [0.25, 0.3) is 0 Å². The quantitative estimate of drug-likeness (QED) is 0.0469. The van der Waals surface area contributed by atoms with Gasteiger partial charge in [-0.15, -0.1) is 0 Å². The fourth-order valence-electron chi connectivity index (χ4n) is 14.1. The van der Waals surface area contributed by atoms with Crippen molar-refractivity contribution < 1.29 is 142 Å². The molecule has 37 heteroatoms. The van der Waals surface area contributed by atoms with Crippen LogP contribution in [0.5, 0.6) is 0 Å². The Bertz CT molecular complexity index is 3450. The van der Waals surface area contributed by atoms with Gasteiger partial charge in [0, 0.05) is 35.5 Å². The summed E-state index contributed by atoms with van der Waals surface area (Å²) in [6, 6.07) is 8.90. The SMILES string of the molecule is CO[C@H]1[C@H]2O[C@H]3[C@H](O)[C@@H](OC)[C@@H](O[C@H]4[C@H](O)[C@@H](OC)[C@@H](O[C@H]5[C@H](O)[C@@H](OC)[C@@H](O[C@H]6[C@H](O)[C@@H](OC)[C@@H](O[C@H]7[C@H](O)[C@H](OCc8ccc(C#N)cc8)[C@@H](O[C@@H]([C@@H]1O)[C@@H](CO[Si](C)(C)C(C)(C)C)O2)O[C@@H]7CO[Si](C)(C)C(C)(C)C)O[C@@H]6CO[Si](C)(C)C(C)(C)C)O[C@@H]5CO[Si](C)(C)C(C)(C)C)O[C@@H]4CO[Si](C)(C)C(C)(C)C)O[C@@H]3CO[Si](C)(C)C(C)(C)C. The van der Waals surface area contributed by atoms with Crippen LogP contribution in [0, 0.1) is 11.3 Å². The molecule has 31 nitrogen and oxygen atoms in total. The van der Waals surface area contributed by atoms with E-state index in [0.29, 0.717) is 11.1 Å². The van der Waals surface area contributed by atoms with Crippen molar-refractivity contribution in [2.45, 2.75) is 424 Å². The predicted octanol–water partition coefficient (Wildman–Crippen LogP) is 10.5. The van der Waals surface area contributed by atoms with Crippen LogP contribution >= 0.6 is 0 Å². The standard InChI is InChI=1S/C85H159NO30Si6/c1-80(2,3)117(24,25)99-42-50-62-56(87)68(93-19)74(105-50)111-63-51(43-100-118(26,27)81(4,5)6)106-76(69(94-20)57(63)88)113-65-53(45-102-120(30,31)83(10,11)12)108-78(71(96-22)59(65)90)115-67-55(47-104-122(34,35)85(16,17)18)110-79(73(61(67)92)98-41-49-38-36-48(40-86)37-39-49)116-66-54(46-103-121(32,33)84(13,14)15)109-77(72(97-23)60(66)91)114-64-52(44-101-119(28,29)82(7,8)9)107-75(112-62)70(95-21)58(64)89/h36-39,50-79,87-92H,41-47H2,1-35H3/t50-,51-,52-,53-,54-,55-,56+,57+,58+,59+,60+,61+,62-,63-,64-,65-,66-,67-,68-,69-,70-,71-,72-,73+,74-,75-,76-,77-,78-,79-/m1/s1. The molecule has 708 valence electrons. The average molecular weight is 1840 g/mol. The number of ether oxygens (including phenoxy) is 18. The van der Waals surface area contributed by atoms with Crippen LogP contribution in [0.4, 0.5) is 0 Å². The van der Waals surface area contributed by atoms with E-state index in [2.05, 4.69) is 209 Å². The van der Waals surface area contributed by atoms with Crippen molar-refractivity contribution in [2.24, 2.45) is 0 Å². The molecule has 0 saturated carbocycles. The number of nitrogens with zero attached hydrogens (tertiary/aromatic N) is 1. The second-order valence-electron chi connectivity index (χ2n) is 43.3. The third kappa shape index (κ3) is 24.4. The first-order valence-corrected chi connectivity index (χ1v) is 61.0. The minimum atomic E-state index is -2.76. The molecule has 1 aromatic carbocycles. The highest BCUT2D eigenvalue weighted by molar-refractivity contribution is 6.76. The molecule has 1 aromatic rings. The fraction of sp³-hybridized carbons (Fsp3) is 0.918. The number of nitriles is 1. The first-order valence-electron chi connectivity index (χ1n) is 43.5. The molecule has 16 saturated heterocycles. The smallest absolute Gasteiger partial charge is 0.192 e. The number of rotatable bonds is 26. The van der Waals surface area contributed by atoms with Gasteiger partial charge in [0.05, 0.1) is 57.9 Å². The zero-order valence-corrected chi connectivity index (χ0v) is 86.0. The van der Waals surface area contributed by atoms with Crippen LogP contribution < -0.4 is 0 Å². The van der Waals surface area contributed by atoms with Gasteiger partial charge < -0.3 is 142 Å². The second-order valence-corrected chi connectivity index (χ2v) is 72.2. The Kier molecular flexibility index (Phi) is 35.8. The van der Waals surface area contributed by atoms with Gasteiger partial charge in [-0.2, -0.15) is 5.26 Å².